The highest BCUT2D eigenvalue weighted by atomic mass is 32.2. The lowest BCUT2D eigenvalue weighted by Crippen LogP contribution is -2.68. The van der Waals surface area contributed by atoms with Crippen LogP contribution in [0, 0.1) is 44.8 Å². The van der Waals surface area contributed by atoms with Gasteiger partial charge in [-0.25, -0.2) is 23.0 Å². The molecule has 232 valence electrons. The number of allylic oxidation sites excluding steroid dienone is 2. The third-order valence-corrected chi connectivity index (χ3v) is 14.4. The number of amides is 2. The van der Waals surface area contributed by atoms with Crippen molar-refractivity contribution in [1.82, 2.24) is 15.1 Å². The minimum atomic E-state index is -3.33. The van der Waals surface area contributed by atoms with Crippen molar-refractivity contribution in [2.75, 3.05) is 13.3 Å². The number of ketones is 1. The van der Waals surface area contributed by atoms with Gasteiger partial charge in [-0.2, -0.15) is 0 Å². The molecule has 0 aromatic rings. The highest BCUT2D eigenvalue weighted by molar-refractivity contribution is 7.88. The molecule has 0 saturated heterocycles. The molecule has 5 aliphatic carbocycles. The van der Waals surface area contributed by atoms with Gasteiger partial charge < -0.3 is 5.32 Å². The molecule has 41 heavy (non-hydrogen) atoms. The Balaban J connectivity index is 1.53. The summed E-state index contributed by atoms with van der Waals surface area (Å²) in [5.41, 5.74) is 0.0789. The van der Waals surface area contributed by atoms with Gasteiger partial charge in [-0.15, -0.1) is 0 Å². The molecule has 5 aliphatic rings. The lowest BCUT2D eigenvalue weighted by Gasteiger charge is -2.70. The Labute approximate surface area is 247 Å². The summed E-state index contributed by atoms with van der Waals surface area (Å²) in [6.07, 6.45) is 11.5. The predicted molar refractivity (Wildman–Crippen MR) is 160 cm³/mol. The largest absolute Gasteiger partial charge is 0.341 e. The summed E-state index contributed by atoms with van der Waals surface area (Å²) >= 11 is 0. The molecule has 4 saturated carbocycles. The molecule has 0 radical (unpaired) electrons. The van der Waals surface area contributed by atoms with Crippen molar-refractivity contribution in [2.24, 2.45) is 44.8 Å². The summed E-state index contributed by atoms with van der Waals surface area (Å²) in [5.74, 6) is 0.556. The van der Waals surface area contributed by atoms with E-state index < -0.39 is 21.6 Å². The number of hydroxylamine groups is 2. The SMILES string of the molecule is CN(O)C(=O)N[C@@]1(C)CC[C@]2(C)CC[C@]3(C)C(=CC(=O)[C@@H]4[C@@]5(C)CC[C@H](NS(C)(=O)=O)C(C)(C)[C@@H]5CC[C@]43C)[C@@H]2C1. The number of carbonyl (C=O) groups excluding carboxylic acids is 2. The summed E-state index contributed by atoms with van der Waals surface area (Å²) in [7, 11) is -1.99. The molecule has 0 aromatic carbocycles. The first kappa shape index (κ1) is 31.0. The van der Waals surface area contributed by atoms with E-state index in [-0.39, 0.29) is 56.7 Å². The monoisotopic (exact) mass is 591 g/mol. The van der Waals surface area contributed by atoms with E-state index in [1.165, 1.54) is 18.9 Å². The molecule has 9 heteroatoms. The van der Waals surface area contributed by atoms with Gasteiger partial charge in [0.25, 0.3) is 0 Å². The van der Waals surface area contributed by atoms with Gasteiger partial charge in [0.1, 0.15) is 0 Å². The van der Waals surface area contributed by atoms with E-state index >= 15 is 0 Å². The summed E-state index contributed by atoms with van der Waals surface area (Å²) < 4.78 is 27.4. The molecule has 0 aromatic heterocycles. The highest BCUT2D eigenvalue weighted by Gasteiger charge is 2.70. The van der Waals surface area contributed by atoms with Crippen LogP contribution in [-0.2, 0) is 14.8 Å². The number of rotatable bonds is 3. The van der Waals surface area contributed by atoms with E-state index in [1.807, 2.05) is 6.08 Å². The maximum absolute atomic E-state index is 14.5. The molecular formula is C32H53N3O5S. The lowest BCUT2D eigenvalue weighted by molar-refractivity contribution is -0.187. The van der Waals surface area contributed by atoms with Gasteiger partial charge in [0.15, 0.2) is 5.78 Å². The van der Waals surface area contributed by atoms with Crippen LogP contribution in [0.5, 0.6) is 0 Å². The van der Waals surface area contributed by atoms with E-state index in [4.69, 9.17) is 0 Å². The molecule has 0 bridgehead atoms. The number of hydrogen-bond donors (Lipinski definition) is 3. The van der Waals surface area contributed by atoms with E-state index in [9.17, 15) is 23.2 Å². The first-order chi connectivity index (χ1) is 18.6. The average molecular weight is 592 g/mol. The zero-order valence-corrected chi connectivity index (χ0v) is 27.5. The van der Waals surface area contributed by atoms with Gasteiger partial charge in [0.2, 0.25) is 10.0 Å². The molecule has 4 fully saturated rings. The van der Waals surface area contributed by atoms with Gasteiger partial charge in [-0.1, -0.05) is 47.1 Å². The number of nitrogens with zero attached hydrogens (tertiary/aromatic N) is 1. The Morgan fingerprint density at radius 3 is 2.22 bits per heavy atom. The van der Waals surface area contributed by atoms with Gasteiger partial charge in [-0.05, 0) is 110 Å². The van der Waals surface area contributed by atoms with Crippen molar-refractivity contribution in [3.63, 3.8) is 0 Å². The second-order valence-corrected chi connectivity index (χ2v) is 18.3. The topological polar surface area (TPSA) is 116 Å². The van der Waals surface area contributed by atoms with Gasteiger partial charge in [0.05, 0.1) is 6.26 Å². The van der Waals surface area contributed by atoms with Crippen LogP contribution in [0.1, 0.15) is 106 Å². The number of carbonyl (C=O) groups is 2. The maximum Gasteiger partial charge on any atom is 0.341 e. The summed E-state index contributed by atoms with van der Waals surface area (Å²) in [6, 6.07) is -0.631. The number of urea groups is 1. The number of sulfonamides is 1. The summed E-state index contributed by atoms with van der Waals surface area (Å²) in [5, 5.41) is 13.4. The summed E-state index contributed by atoms with van der Waals surface area (Å²) in [4.78, 5) is 27.0. The number of fused-ring (bicyclic) bond motifs is 7. The van der Waals surface area contributed by atoms with Crippen LogP contribution < -0.4 is 10.0 Å². The lowest BCUT2D eigenvalue weighted by atomic mass is 9.33. The fourth-order valence-corrected chi connectivity index (χ4v) is 12.0. The quantitative estimate of drug-likeness (QED) is 0.289. The second-order valence-electron chi connectivity index (χ2n) is 16.5. The smallest absolute Gasteiger partial charge is 0.331 e. The molecule has 0 aliphatic heterocycles. The predicted octanol–water partition coefficient (Wildman–Crippen LogP) is 5.67. The van der Waals surface area contributed by atoms with E-state index in [2.05, 4.69) is 58.5 Å². The van der Waals surface area contributed by atoms with Crippen molar-refractivity contribution in [3.05, 3.63) is 11.6 Å². The van der Waals surface area contributed by atoms with Crippen molar-refractivity contribution in [1.29, 1.82) is 0 Å². The Bertz CT molecular complexity index is 1280. The zero-order valence-electron chi connectivity index (χ0n) is 26.7. The molecule has 2 amide bonds. The molecular weight excluding hydrogens is 538 g/mol. The molecule has 0 spiro atoms. The third-order valence-electron chi connectivity index (χ3n) is 13.7. The first-order valence-electron chi connectivity index (χ1n) is 15.6. The van der Waals surface area contributed by atoms with E-state index in [0.717, 1.165) is 57.8 Å². The second kappa shape index (κ2) is 9.28. The minimum absolute atomic E-state index is 0.0721. The van der Waals surface area contributed by atoms with Crippen LogP contribution in [0.25, 0.3) is 0 Å². The molecule has 3 N–H and O–H groups in total. The molecule has 5 rings (SSSR count). The highest BCUT2D eigenvalue weighted by Crippen LogP contribution is 2.74. The minimum Gasteiger partial charge on any atom is -0.331 e. The maximum atomic E-state index is 14.5. The number of nitrogens with one attached hydrogen (secondary N) is 2. The molecule has 0 unspecified atom stereocenters. The fourth-order valence-electron chi connectivity index (χ4n) is 11.1. The Kier molecular flexibility index (Phi) is 7.01. The Morgan fingerprint density at radius 1 is 0.976 bits per heavy atom. The van der Waals surface area contributed by atoms with Crippen LogP contribution in [-0.4, -0.2) is 55.4 Å². The van der Waals surface area contributed by atoms with Crippen molar-refractivity contribution in [3.8, 4) is 0 Å². The van der Waals surface area contributed by atoms with Crippen LogP contribution in [0.4, 0.5) is 4.79 Å². The van der Waals surface area contributed by atoms with E-state index in [1.54, 1.807) is 0 Å². The Morgan fingerprint density at radius 2 is 1.61 bits per heavy atom. The first-order valence-corrected chi connectivity index (χ1v) is 17.5. The van der Waals surface area contributed by atoms with Crippen molar-refractivity contribution >= 4 is 21.8 Å². The van der Waals surface area contributed by atoms with Crippen molar-refractivity contribution in [2.45, 2.75) is 118 Å². The average Bonchev–Trinajstić information content (AvgIpc) is 2.82. The zero-order chi connectivity index (χ0) is 30.6. The fraction of sp³-hybridized carbons (Fsp3) is 0.875. The van der Waals surface area contributed by atoms with Crippen molar-refractivity contribution < 1.29 is 23.2 Å². The Hall–Kier alpha value is -1.45. The van der Waals surface area contributed by atoms with Crippen LogP contribution in [0.2, 0.25) is 0 Å². The van der Waals surface area contributed by atoms with Crippen LogP contribution in [0.15, 0.2) is 11.6 Å². The number of hydrogen-bond acceptors (Lipinski definition) is 5. The molecule has 8 nitrogen and oxygen atoms in total. The van der Waals surface area contributed by atoms with Gasteiger partial charge >= 0.3 is 6.03 Å². The molecule has 9 atom stereocenters. The van der Waals surface area contributed by atoms with Crippen LogP contribution in [0.3, 0.4) is 0 Å². The van der Waals surface area contributed by atoms with Crippen LogP contribution >= 0.6 is 0 Å². The third kappa shape index (κ3) is 4.54. The summed E-state index contributed by atoms with van der Waals surface area (Å²) in [6.45, 7) is 16.0. The standard InChI is InChI=1S/C32H53N3O5S/c1-27(2)23-10-13-32(7)25(30(23,5)12-11-24(27)34-41(9,39)40)22(36)18-20-21-19-29(4,33-26(37)35(8)38)16-14-28(21,3)15-17-31(20,32)6/h18,21,23-25,34,38H,10-17,19H2,1-9H3,(H,33,37)/t21-,23-,24-,25+,28+,29-,30-,31+,32+/m0/s1. The van der Waals surface area contributed by atoms with E-state index in [0.29, 0.717) is 5.06 Å². The van der Waals surface area contributed by atoms with Gasteiger partial charge in [0, 0.05) is 24.5 Å². The van der Waals surface area contributed by atoms with Gasteiger partial charge in [-0.3, -0.25) is 10.0 Å². The molecule has 0 heterocycles. The normalized spacial score (nSPS) is 47.2.